The van der Waals surface area contributed by atoms with Crippen LogP contribution in [0.3, 0.4) is 0 Å². The number of halogens is 3. The summed E-state index contributed by atoms with van der Waals surface area (Å²) in [6, 6.07) is 2.18. The highest BCUT2D eigenvalue weighted by Crippen LogP contribution is 2.30. The van der Waals surface area contributed by atoms with Crippen LogP contribution in [0.25, 0.3) is 0 Å². The fourth-order valence-electron chi connectivity index (χ4n) is 1.25. The lowest BCUT2D eigenvalue weighted by atomic mass is 10.1. The van der Waals surface area contributed by atoms with Crippen LogP contribution in [-0.2, 0) is 4.79 Å². The lowest BCUT2D eigenvalue weighted by Crippen LogP contribution is -2.14. The summed E-state index contributed by atoms with van der Waals surface area (Å²) in [6.45, 7) is -1.92. The minimum absolute atomic E-state index is 0.0733. The van der Waals surface area contributed by atoms with Crippen LogP contribution in [0.5, 0.6) is 5.75 Å². The van der Waals surface area contributed by atoms with Crippen LogP contribution in [-0.4, -0.2) is 22.8 Å². The number of aliphatic carboxylic acids is 1. The van der Waals surface area contributed by atoms with Gasteiger partial charge >= 0.3 is 12.6 Å². The van der Waals surface area contributed by atoms with Crippen molar-refractivity contribution in [1.82, 2.24) is 0 Å². The fraction of sp³-hybridized carbons (Fsp3) is 0.300. The van der Waals surface area contributed by atoms with Crippen molar-refractivity contribution in [2.24, 2.45) is 0 Å². The van der Waals surface area contributed by atoms with Crippen molar-refractivity contribution in [3.8, 4) is 5.75 Å². The highest BCUT2D eigenvalue weighted by Gasteiger charge is 2.24. The van der Waals surface area contributed by atoms with Gasteiger partial charge in [0, 0.05) is 5.56 Å². The van der Waals surface area contributed by atoms with Gasteiger partial charge in [-0.3, -0.25) is 0 Å². The van der Waals surface area contributed by atoms with Crippen molar-refractivity contribution in [2.45, 2.75) is 19.6 Å². The van der Waals surface area contributed by atoms with Gasteiger partial charge in [0.2, 0.25) is 0 Å². The summed E-state index contributed by atoms with van der Waals surface area (Å²) in [4.78, 5) is 10.5. The smallest absolute Gasteiger partial charge is 0.387 e. The third-order valence-electron chi connectivity index (χ3n) is 2.06. The first-order valence-electron chi connectivity index (χ1n) is 4.49. The number of benzene rings is 1. The third kappa shape index (κ3) is 2.88. The van der Waals surface area contributed by atoms with Crippen molar-refractivity contribution >= 4 is 5.97 Å². The number of carbonyl (C=O) groups is 1. The Morgan fingerprint density at radius 2 is 2.00 bits per heavy atom. The van der Waals surface area contributed by atoms with E-state index in [1.54, 1.807) is 0 Å². The standard InChI is InChI=1S/C10H9F3O4/c1-4-2-3-5(7(14)9(15)16)6(11)8(4)17-10(12)13/h2-3,7,10,14H,1H3,(H,15,16). The molecule has 0 aromatic heterocycles. The Labute approximate surface area is 94.3 Å². The summed E-state index contributed by atoms with van der Waals surface area (Å²) in [5, 5.41) is 17.6. The molecule has 4 nitrogen and oxygen atoms in total. The number of carboxylic acids is 1. The van der Waals surface area contributed by atoms with E-state index in [9.17, 15) is 18.0 Å². The number of hydrogen-bond donors (Lipinski definition) is 2. The molecule has 0 fully saturated rings. The predicted octanol–water partition coefficient (Wildman–Crippen LogP) is 1.85. The van der Waals surface area contributed by atoms with Gasteiger partial charge in [-0.25, -0.2) is 9.18 Å². The molecule has 0 saturated carbocycles. The molecule has 1 rings (SSSR count). The van der Waals surface area contributed by atoms with Crippen LogP contribution in [0.2, 0.25) is 0 Å². The van der Waals surface area contributed by atoms with E-state index in [1.807, 2.05) is 0 Å². The molecule has 1 aromatic rings. The Kier molecular flexibility index (Phi) is 3.95. The van der Waals surface area contributed by atoms with E-state index in [0.717, 1.165) is 6.07 Å². The predicted molar refractivity (Wildman–Crippen MR) is 50.4 cm³/mol. The van der Waals surface area contributed by atoms with Gasteiger partial charge < -0.3 is 14.9 Å². The molecule has 2 N–H and O–H groups in total. The molecule has 0 saturated heterocycles. The molecule has 1 aromatic carbocycles. The van der Waals surface area contributed by atoms with E-state index in [1.165, 1.54) is 13.0 Å². The summed E-state index contributed by atoms with van der Waals surface area (Å²) in [5.41, 5.74) is -0.553. The molecule has 17 heavy (non-hydrogen) atoms. The third-order valence-corrected chi connectivity index (χ3v) is 2.06. The first-order valence-corrected chi connectivity index (χ1v) is 4.49. The number of aliphatic hydroxyl groups excluding tert-OH is 1. The number of aryl methyl sites for hydroxylation is 1. The minimum atomic E-state index is -3.24. The average Bonchev–Trinajstić information content (AvgIpc) is 2.23. The van der Waals surface area contributed by atoms with Crippen molar-refractivity contribution < 1.29 is 32.9 Å². The zero-order valence-electron chi connectivity index (χ0n) is 8.65. The van der Waals surface area contributed by atoms with Gasteiger partial charge in [-0.2, -0.15) is 8.78 Å². The molecule has 1 unspecified atom stereocenters. The van der Waals surface area contributed by atoms with E-state index in [0.29, 0.717) is 0 Å². The maximum absolute atomic E-state index is 13.6. The Morgan fingerprint density at radius 3 is 2.47 bits per heavy atom. The maximum atomic E-state index is 13.6. The molecule has 0 aliphatic rings. The summed E-state index contributed by atoms with van der Waals surface area (Å²) < 4.78 is 41.6. The normalized spacial score (nSPS) is 12.6. The van der Waals surface area contributed by atoms with Gasteiger partial charge in [0.15, 0.2) is 17.7 Å². The van der Waals surface area contributed by atoms with Crippen LogP contribution in [0.15, 0.2) is 12.1 Å². The van der Waals surface area contributed by atoms with Crippen molar-refractivity contribution in [2.75, 3.05) is 0 Å². The number of aliphatic hydroxyl groups is 1. The number of hydrogen-bond acceptors (Lipinski definition) is 3. The largest absolute Gasteiger partial charge is 0.479 e. The van der Waals surface area contributed by atoms with Gasteiger partial charge in [-0.1, -0.05) is 12.1 Å². The zero-order chi connectivity index (χ0) is 13.2. The second-order valence-corrected chi connectivity index (χ2v) is 3.23. The maximum Gasteiger partial charge on any atom is 0.387 e. The van der Waals surface area contributed by atoms with E-state index >= 15 is 0 Å². The van der Waals surface area contributed by atoms with E-state index in [4.69, 9.17) is 10.2 Å². The molecule has 0 aliphatic carbocycles. The Balaban J connectivity index is 3.23. The lowest BCUT2D eigenvalue weighted by Gasteiger charge is -2.13. The second-order valence-electron chi connectivity index (χ2n) is 3.23. The van der Waals surface area contributed by atoms with E-state index in [2.05, 4.69) is 4.74 Å². The first-order chi connectivity index (χ1) is 7.84. The van der Waals surface area contributed by atoms with Crippen molar-refractivity contribution in [3.63, 3.8) is 0 Å². The Hall–Kier alpha value is -1.76. The Morgan fingerprint density at radius 1 is 1.41 bits per heavy atom. The van der Waals surface area contributed by atoms with E-state index in [-0.39, 0.29) is 5.56 Å². The highest BCUT2D eigenvalue weighted by atomic mass is 19.3. The molecular formula is C10H9F3O4. The number of rotatable bonds is 4. The molecule has 0 bridgehead atoms. The molecular weight excluding hydrogens is 241 g/mol. The SMILES string of the molecule is Cc1ccc(C(O)C(=O)O)c(F)c1OC(F)F. The van der Waals surface area contributed by atoms with Crippen LogP contribution in [0.1, 0.15) is 17.2 Å². The zero-order valence-corrected chi connectivity index (χ0v) is 8.65. The summed E-state index contributed by atoms with van der Waals surface area (Å²) in [5.74, 6) is -3.76. The van der Waals surface area contributed by atoms with Gasteiger partial charge in [0.1, 0.15) is 0 Å². The van der Waals surface area contributed by atoms with Gasteiger partial charge in [0.25, 0.3) is 0 Å². The van der Waals surface area contributed by atoms with Gasteiger partial charge in [-0.05, 0) is 12.5 Å². The molecule has 7 heteroatoms. The van der Waals surface area contributed by atoms with E-state index < -0.39 is 35.8 Å². The monoisotopic (exact) mass is 250 g/mol. The molecule has 0 spiro atoms. The molecule has 0 amide bonds. The fourth-order valence-corrected chi connectivity index (χ4v) is 1.25. The van der Waals surface area contributed by atoms with Crippen LogP contribution >= 0.6 is 0 Å². The number of alkyl halides is 2. The summed E-state index contributed by atoms with van der Waals surface area (Å²) in [6.07, 6.45) is -2.13. The van der Waals surface area contributed by atoms with Gasteiger partial charge in [-0.15, -0.1) is 0 Å². The average molecular weight is 250 g/mol. The summed E-state index contributed by atoms with van der Waals surface area (Å²) in [7, 11) is 0. The minimum Gasteiger partial charge on any atom is -0.479 e. The van der Waals surface area contributed by atoms with Crippen molar-refractivity contribution in [1.29, 1.82) is 0 Å². The lowest BCUT2D eigenvalue weighted by molar-refractivity contribution is -0.147. The molecule has 0 heterocycles. The second kappa shape index (κ2) is 5.05. The quantitative estimate of drug-likeness (QED) is 0.855. The van der Waals surface area contributed by atoms with Crippen LogP contribution < -0.4 is 4.74 Å². The topological polar surface area (TPSA) is 66.8 Å². The van der Waals surface area contributed by atoms with Crippen molar-refractivity contribution in [3.05, 3.63) is 29.1 Å². The van der Waals surface area contributed by atoms with Crippen LogP contribution in [0, 0.1) is 12.7 Å². The Bertz CT molecular complexity index is 434. The van der Waals surface area contributed by atoms with Gasteiger partial charge in [0.05, 0.1) is 0 Å². The highest BCUT2D eigenvalue weighted by molar-refractivity contribution is 5.74. The molecule has 1 atom stereocenters. The van der Waals surface area contributed by atoms with Crippen LogP contribution in [0.4, 0.5) is 13.2 Å². The number of ether oxygens (including phenoxy) is 1. The number of carboxylic acid groups (broad SMARTS) is 1. The summed E-state index contributed by atoms with van der Waals surface area (Å²) >= 11 is 0. The molecule has 0 radical (unpaired) electrons. The molecule has 94 valence electrons. The first kappa shape index (κ1) is 13.3. The molecule has 0 aliphatic heterocycles.